The zero-order valence-corrected chi connectivity index (χ0v) is 13.5. The first-order valence-corrected chi connectivity index (χ1v) is 8.08. The molecular formula is C15H14F3NO4S. The van der Waals surface area contributed by atoms with Gasteiger partial charge in [0.2, 0.25) is 0 Å². The normalized spacial score (nSPS) is 11.9. The average molecular weight is 361 g/mol. The lowest BCUT2D eigenvalue weighted by Gasteiger charge is -2.13. The van der Waals surface area contributed by atoms with Crippen LogP contribution in [0, 0.1) is 0 Å². The van der Waals surface area contributed by atoms with Crippen molar-refractivity contribution in [3.8, 4) is 11.5 Å². The highest BCUT2D eigenvalue weighted by atomic mass is 32.2. The van der Waals surface area contributed by atoms with Crippen LogP contribution in [0.25, 0.3) is 0 Å². The molecule has 0 atom stereocenters. The summed E-state index contributed by atoms with van der Waals surface area (Å²) in [4.78, 5) is -0.493. The minimum absolute atomic E-state index is 0.130. The molecule has 130 valence electrons. The quantitative estimate of drug-likeness (QED) is 0.885. The van der Waals surface area contributed by atoms with Crippen LogP contribution in [0.5, 0.6) is 11.5 Å². The maximum Gasteiger partial charge on any atom is 0.416 e. The van der Waals surface area contributed by atoms with Gasteiger partial charge in [-0.25, -0.2) is 8.42 Å². The van der Waals surface area contributed by atoms with Gasteiger partial charge in [0.25, 0.3) is 10.0 Å². The summed E-state index contributed by atoms with van der Waals surface area (Å²) in [5.41, 5.74) is -0.914. The Morgan fingerprint density at radius 1 is 0.958 bits per heavy atom. The van der Waals surface area contributed by atoms with Crippen molar-refractivity contribution in [2.45, 2.75) is 11.1 Å². The third-order valence-corrected chi connectivity index (χ3v) is 4.49. The number of nitrogens with one attached hydrogen (secondary N) is 1. The van der Waals surface area contributed by atoms with Crippen molar-refractivity contribution in [2.24, 2.45) is 0 Å². The fourth-order valence-corrected chi connectivity index (χ4v) is 3.05. The maximum atomic E-state index is 12.7. The topological polar surface area (TPSA) is 64.6 Å². The van der Waals surface area contributed by atoms with E-state index in [-0.39, 0.29) is 11.4 Å². The van der Waals surface area contributed by atoms with Crippen molar-refractivity contribution in [1.82, 2.24) is 0 Å². The summed E-state index contributed by atoms with van der Waals surface area (Å²) in [5, 5.41) is 0. The highest BCUT2D eigenvalue weighted by Crippen LogP contribution is 2.32. The smallest absolute Gasteiger partial charge is 0.416 e. The molecule has 0 bridgehead atoms. The predicted molar refractivity (Wildman–Crippen MR) is 81.8 cm³/mol. The summed E-state index contributed by atoms with van der Waals surface area (Å²) in [6.45, 7) is 0. The third kappa shape index (κ3) is 3.91. The van der Waals surface area contributed by atoms with Gasteiger partial charge in [-0.2, -0.15) is 13.2 Å². The number of ether oxygens (including phenoxy) is 2. The van der Waals surface area contributed by atoms with Crippen molar-refractivity contribution >= 4 is 15.7 Å². The Morgan fingerprint density at radius 2 is 1.62 bits per heavy atom. The highest BCUT2D eigenvalue weighted by molar-refractivity contribution is 7.92. The van der Waals surface area contributed by atoms with Gasteiger partial charge < -0.3 is 9.47 Å². The number of alkyl halides is 3. The van der Waals surface area contributed by atoms with Crippen molar-refractivity contribution in [1.29, 1.82) is 0 Å². The van der Waals surface area contributed by atoms with Gasteiger partial charge >= 0.3 is 6.18 Å². The molecule has 0 unspecified atom stereocenters. The molecule has 1 N–H and O–H groups in total. The first-order valence-electron chi connectivity index (χ1n) is 6.59. The van der Waals surface area contributed by atoms with E-state index in [2.05, 4.69) is 4.72 Å². The molecule has 0 spiro atoms. The fourth-order valence-electron chi connectivity index (χ4n) is 1.95. The van der Waals surface area contributed by atoms with Gasteiger partial charge in [-0.3, -0.25) is 4.72 Å². The zero-order chi connectivity index (χ0) is 18.0. The van der Waals surface area contributed by atoms with Gasteiger partial charge in [0, 0.05) is 6.07 Å². The molecule has 24 heavy (non-hydrogen) atoms. The monoisotopic (exact) mass is 361 g/mol. The van der Waals surface area contributed by atoms with E-state index in [9.17, 15) is 21.6 Å². The van der Waals surface area contributed by atoms with Crippen LogP contribution in [0.3, 0.4) is 0 Å². The number of methoxy groups -OCH3 is 2. The number of hydrogen-bond donors (Lipinski definition) is 1. The first-order chi connectivity index (χ1) is 11.2. The lowest BCUT2D eigenvalue weighted by Crippen LogP contribution is -2.14. The molecule has 0 fully saturated rings. The van der Waals surface area contributed by atoms with Crippen LogP contribution in [0.1, 0.15) is 5.56 Å². The van der Waals surface area contributed by atoms with Crippen molar-refractivity contribution in [3.05, 3.63) is 48.0 Å². The third-order valence-electron chi connectivity index (χ3n) is 3.11. The highest BCUT2D eigenvalue weighted by Gasteiger charge is 2.31. The molecule has 9 heteroatoms. The summed E-state index contributed by atoms with van der Waals surface area (Å²) >= 11 is 0. The molecule has 0 saturated heterocycles. The number of halogens is 3. The van der Waals surface area contributed by atoms with E-state index in [1.807, 2.05) is 0 Å². The standard InChI is InChI=1S/C15H14F3NO4S/c1-22-13-7-6-11(9-14(13)23-2)19-24(20,21)12-5-3-4-10(8-12)15(16,17)18/h3-9,19H,1-2H3. The van der Waals surface area contributed by atoms with Crippen LogP contribution >= 0.6 is 0 Å². The zero-order valence-electron chi connectivity index (χ0n) is 12.7. The van der Waals surface area contributed by atoms with Crippen LogP contribution in [0.4, 0.5) is 18.9 Å². The lowest BCUT2D eigenvalue weighted by molar-refractivity contribution is -0.137. The summed E-state index contributed by atoms with van der Waals surface area (Å²) in [6, 6.07) is 7.74. The molecule has 0 radical (unpaired) electrons. The summed E-state index contributed by atoms with van der Waals surface area (Å²) in [6.07, 6.45) is -4.63. The number of hydrogen-bond acceptors (Lipinski definition) is 4. The van der Waals surface area contributed by atoms with Gasteiger partial charge in [-0.05, 0) is 30.3 Å². The predicted octanol–water partition coefficient (Wildman–Crippen LogP) is 3.52. The molecule has 2 aromatic carbocycles. The average Bonchev–Trinajstić information content (AvgIpc) is 2.53. The molecule has 0 saturated carbocycles. The molecule has 5 nitrogen and oxygen atoms in total. The van der Waals surface area contributed by atoms with Crippen molar-refractivity contribution in [3.63, 3.8) is 0 Å². The summed E-state index contributed by atoms with van der Waals surface area (Å²) < 4.78 is 75.0. The lowest BCUT2D eigenvalue weighted by atomic mass is 10.2. The number of sulfonamides is 1. The van der Waals surface area contributed by atoms with E-state index < -0.39 is 26.7 Å². The Hall–Kier alpha value is -2.42. The Kier molecular flexibility index (Phi) is 4.93. The van der Waals surface area contributed by atoms with Crippen LogP contribution < -0.4 is 14.2 Å². The summed E-state index contributed by atoms with van der Waals surface area (Å²) in [7, 11) is -1.39. The molecule has 0 aliphatic rings. The second-order valence-electron chi connectivity index (χ2n) is 4.70. The Balaban J connectivity index is 2.35. The number of rotatable bonds is 5. The van der Waals surface area contributed by atoms with Gasteiger partial charge in [0.15, 0.2) is 11.5 Å². The summed E-state index contributed by atoms with van der Waals surface area (Å²) in [5.74, 6) is 0.668. The van der Waals surface area contributed by atoms with Gasteiger partial charge in [-0.15, -0.1) is 0 Å². The molecule has 0 aliphatic heterocycles. The Morgan fingerprint density at radius 3 is 2.21 bits per heavy atom. The molecule has 0 heterocycles. The van der Waals surface area contributed by atoms with E-state index in [0.717, 1.165) is 18.2 Å². The Labute approximate surface area is 137 Å². The van der Waals surface area contributed by atoms with Crippen molar-refractivity contribution in [2.75, 3.05) is 18.9 Å². The van der Waals surface area contributed by atoms with E-state index in [1.54, 1.807) is 0 Å². The fraction of sp³-hybridized carbons (Fsp3) is 0.200. The largest absolute Gasteiger partial charge is 0.493 e. The van der Waals surface area contributed by atoms with Gasteiger partial charge in [0.1, 0.15) is 0 Å². The van der Waals surface area contributed by atoms with E-state index in [1.165, 1.54) is 32.4 Å². The molecule has 0 aromatic heterocycles. The number of benzene rings is 2. The van der Waals surface area contributed by atoms with Crippen LogP contribution in [-0.2, 0) is 16.2 Å². The van der Waals surface area contributed by atoms with Crippen LogP contribution in [-0.4, -0.2) is 22.6 Å². The first kappa shape index (κ1) is 17.9. The minimum Gasteiger partial charge on any atom is -0.493 e. The SMILES string of the molecule is COc1ccc(NS(=O)(=O)c2cccc(C(F)(F)F)c2)cc1OC. The molecule has 0 aliphatic carbocycles. The van der Waals surface area contributed by atoms with E-state index in [4.69, 9.17) is 9.47 Å². The van der Waals surface area contributed by atoms with E-state index in [0.29, 0.717) is 11.8 Å². The number of anilines is 1. The van der Waals surface area contributed by atoms with Crippen molar-refractivity contribution < 1.29 is 31.1 Å². The van der Waals surface area contributed by atoms with Gasteiger partial charge in [0.05, 0.1) is 30.4 Å². The van der Waals surface area contributed by atoms with E-state index >= 15 is 0 Å². The molecular weight excluding hydrogens is 347 g/mol. The second-order valence-corrected chi connectivity index (χ2v) is 6.38. The molecule has 2 rings (SSSR count). The molecule has 0 amide bonds. The minimum atomic E-state index is -4.63. The Bertz CT molecular complexity index is 835. The maximum absolute atomic E-state index is 12.7. The second kappa shape index (κ2) is 6.60. The van der Waals surface area contributed by atoms with Gasteiger partial charge in [-0.1, -0.05) is 6.07 Å². The van der Waals surface area contributed by atoms with Crippen LogP contribution in [0.15, 0.2) is 47.4 Å². The van der Waals surface area contributed by atoms with Crippen LogP contribution in [0.2, 0.25) is 0 Å². The molecule has 2 aromatic rings.